The van der Waals surface area contributed by atoms with Gasteiger partial charge in [-0.15, -0.1) is 0 Å². The highest BCUT2D eigenvalue weighted by atomic mass is 16.6. The Hall–Kier alpha value is -2.36. The number of rotatable bonds is 5. The van der Waals surface area contributed by atoms with Gasteiger partial charge < -0.3 is 5.32 Å². The molecule has 2 aromatic rings. The summed E-state index contributed by atoms with van der Waals surface area (Å²) in [7, 11) is 0. The first-order valence-corrected chi connectivity index (χ1v) is 7.21. The molecule has 3 rings (SSSR count). The fourth-order valence-corrected chi connectivity index (χ4v) is 2.57. The van der Waals surface area contributed by atoms with Gasteiger partial charge in [-0.3, -0.25) is 10.1 Å². The Morgan fingerprint density at radius 2 is 1.90 bits per heavy atom. The maximum Gasteiger partial charge on any atom is 0.271 e. The molecule has 0 heterocycles. The van der Waals surface area contributed by atoms with Crippen LogP contribution in [-0.2, 0) is 0 Å². The van der Waals surface area contributed by atoms with Crippen molar-refractivity contribution in [1.29, 1.82) is 0 Å². The standard InChI is InChI=1S/C17H18N2O2/c1-12-5-7-13(8-6-12)17(14-9-10-14)18-15-3-2-4-16(11-15)19(20)21/h2-8,11,14,17-18H,9-10H2,1H3. The molecule has 1 fully saturated rings. The predicted octanol–water partition coefficient (Wildman–Crippen LogP) is 4.47. The molecule has 21 heavy (non-hydrogen) atoms. The second kappa shape index (κ2) is 5.56. The molecule has 4 heteroatoms. The zero-order valence-corrected chi connectivity index (χ0v) is 12.0. The minimum absolute atomic E-state index is 0.124. The number of anilines is 1. The topological polar surface area (TPSA) is 55.2 Å². The van der Waals surface area contributed by atoms with Crippen molar-refractivity contribution in [3.8, 4) is 0 Å². The van der Waals surface area contributed by atoms with Crippen LogP contribution in [0.1, 0.15) is 30.0 Å². The van der Waals surface area contributed by atoms with E-state index in [-0.39, 0.29) is 16.7 Å². The minimum atomic E-state index is -0.358. The van der Waals surface area contributed by atoms with Gasteiger partial charge in [0, 0.05) is 17.8 Å². The van der Waals surface area contributed by atoms with E-state index in [1.165, 1.54) is 30.0 Å². The molecule has 1 aliphatic rings. The van der Waals surface area contributed by atoms with Crippen molar-refractivity contribution >= 4 is 11.4 Å². The fourth-order valence-electron chi connectivity index (χ4n) is 2.57. The van der Waals surface area contributed by atoms with Crippen molar-refractivity contribution in [2.45, 2.75) is 25.8 Å². The molecule has 0 aromatic heterocycles. The van der Waals surface area contributed by atoms with Crippen LogP contribution < -0.4 is 5.32 Å². The normalized spacial score (nSPS) is 15.5. The fraction of sp³-hybridized carbons (Fsp3) is 0.294. The Balaban J connectivity index is 1.84. The highest BCUT2D eigenvalue weighted by Crippen LogP contribution is 2.43. The number of hydrogen-bond acceptors (Lipinski definition) is 3. The molecular weight excluding hydrogens is 264 g/mol. The number of nitrogens with zero attached hydrogens (tertiary/aromatic N) is 1. The lowest BCUT2D eigenvalue weighted by atomic mass is 10.0. The Morgan fingerprint density at radius 1 is 1.19 bits per heavy atom. The van der Waals surface area contributed by atoms with Crippen molar-refractivity contribution in [2.75, 3.05) is 5.32 Å². The van der Waals surface area contributed by atoms with Gasteiger partial charge >= 0.3 is 0 Å². The highest BCUT2D eigenvalue weighted by Gasteiger charge is 2.32. The number of benzene rings is 2. The summed E-state index contributed by atoms with van der Waals surface area (Å²) < 4.78 is 0. The lowest BCUT2D eigenvalue weighted by Gasteiger charge is -2.20. The molecule has 4 nitrogen and oxygen atoms in total. The molecule has 108 valence electrons. The number of nitro groups is 1. The van der Waals surface area contributed by atoms with E-state index in [1.807, 2.05) is 6.07 Å². The molecule has 0 saturated heterocycles. The van der Waals surface area contributed by atoms with E-state index in [9.17, 15) is 10.1 Å². The molecule has 2 aromatic carbocycles. The average molecular weight is 282 g/mol. The molecule has 1 N–H and O–H groups in total. The van der Waals surface area contributed by atoms with Gasteiger partial charge in [0.15, 0.2) is 0 Å². The van der Waals surface area contributed by atoms with Crippen molar-refractivity contribution in [3.63, 3.8) is 0 Å². The zero-order valence-electron chi connectivity index (χ0n) is 12.0. The summed E-state index contributed by atoms with van der Waals surface area (Å²) in [5.41, 5.74) is 3.42. The third kappa shape index (κ3) is 3.21. The van der Waals surface area contributed by atoms with E-state index in [0.717, 1.165) is 5.69 Å². The second-order valence-corrected chi connectivity index (χ2v) is 5.68. The number of nitro benzene ring substituents is 1. The largest absolute Gasteiger partial charge is 0.378 e. The SMILES string of the molecule is Cc1ccc(C(Nc2cccc([N+](=O)[O-])c2)C2CC2)cc1. The molecule has 1 unspecified atom stereocenters. The van der Waals surface area contributed by atoms with Crippen LogP contribution in [-0.4, -0.2) is 4.92 Å². The van der Waals surface area contributed by atoms with Crippen LogP contribution in [0.4, 0.5) is 11.4 Å². The van der Waals surface area contributed by atoms with Crippen LogP contribution in [0.5, 0.6) is 0 Å². The van der Waals surface area contributed by atoms with Gasteiger partial charge in [-0.2, -0.15) is 0 Å². The number of aryl methyl sites for hydroxylation is 1. The number of non-ortho nitro benzene ring substituents is 1. The average Bonchev–Trinajstić information content (AvgIpc) is 3.31. The van der Waals surface area contributed by atoms with Crippen LogP contribution >= 0.6 is 0 Å². The first kappa shape index (κ1) is 13.6. The summed E-state index contributed by atoms with van der Waals surface area (Å²) in [5, 5.41) is 14.3. The van der Waals surface area contributed by atoms with Gasteiger partial charge in [0.05, 0.1) is 11.0 Å². The van der Waals surface area contributed by atoms with Crippen LogP contribution in [0.3, 0.4) is 0 Å². The lowest BCUT2D eigenvalue weighted by molar-refractivity contribution is -0.384. The van der Waals surface area contributed by atoms with E-state index in [0.29, 0.717) is 5.92 Å². The van der Waals surface area contributed by atoms with E-state index >= 15 is 0 Å². The van der Waals surface area contributed by atoms with Crippen LogP contribution in [0.2, 0.25) is 0 Å². The van der Waals surface area contributed by atoms with Crippen molar-refractivity contribution < 1.29 is 4.92 Å². The monoisotopic (exact) mass is 282 g/mol. The Labute approximate surface area is 124 Å². The summed E-state index contributed by atoms with van der Waals surface area (Å²) in [4.78, 5) is 10.5. The predicted molar refractivity (Wildman–Crippen MR) is 83.4 cm³/mol. The third-order valence-corrected chi connectivity index (χ3v) is 3.91. The Kier molecular flexibility index (Phi) is 3.60. The number of hydrogen-bond donors (Lipinski definition) is 1. The summed E-state index contributed by atoms with van der Waals surface area (Å²) in [6, 6.07) is 15.5. The Morgan fingerprint density at radius 3 is 2.52 bits per heavy atom. The zero-order chi connectivity index (χ0) is 14.8. The smallest absolute Gasteiger partial charge is 0.271 e. The van der Waals surface area contributed by atoms with E-state index in [2.05, 4.69) is 36.5 Å². The van der Waals surface area contributed by atoms with E-state index in [4.69, 9.17) is 0 Å². The van der Waals surface area contributed by atoms with Crippen LogP contribution in [0, 0.1) is 23.0 Å². The second-order valence-electron chi connectivity index (χ2n) is 5.68. The molecule has 0 spiro atoms. The number of nitrogens with one attached hydrogen (secondary N) is 1. The van der Waals surface area contributed by atoms with Gasteiger partial charge in [-0.25, -0.2) is 0 Å². The Bertz CT molecular complexity index is 648. The maximum atomic E-state index is 10.9. The molecule has 1 atom stereocenters. The summed E-state index contributed by atoms with van der Waals surface area (Å²) in [6.45, 7) is 2.07. The summed E-state index contributed by atoms with van der Waals surface area (Å²) >= 11 is 0. The van der Waals surface area contributed by atoms with Crippen molar-refractivity contribution in [2.24, 2.45) is 5.92 Å². The third-order valence-electron chi connectivity index (χ3n) is 3.91. The van der Waals surface area contributed by atoms with Crippen LogP contribution in [0.15, 0.2) is 48.5 Å². The molecule has 0 amide bonds. The minimum Gasteiger partial charge on any atom is -0.378 e. The molecular formula is C17H18N2O2. The van der Waals surface area contributed by atoms with Gasteiger partial charge in [0.1, 0.15) is 0 Å². The van der Waals surface area contributed by atoms with E-state index in [1.54, 1.807) is 12.1 Å². The van der Waals surface area contributed by atoms with Crippen molar-refractivity contribution in [3.05, 3.63) is 69.8 Å². The van der Waals surface area contributed by atoms with Crippen LogP contribution in [0.25, 0.3) is 0 Å². The summed E-state index contributed by atoms with van der Waals surface area (Å²) in [5.74, 6) is 0.618. The van der Waals surface area contributed by atoms with Gasteiger partial charge in [0.2, 0.25) is 0 Å². The first-order chi connectivity index (χ1) is 10.1. The first-order valence-electron chi connectivity index (χ1n) is 7.21. The van der Waals surface area contributed by atoms with Gasteiger partial charge in [0.25, 0.3) is 5.69 Å². The van der Waals surface area contributed by atoms with E-state index < -0.39 is 0 Å². The van der Waals surface area contributed by atoms with Gasteiger partial charge in [-0.05, 0) is 37.3 Å². The van der Waals surface area contributed by atoms with Crippen molar-refractivity contribution in [1.82, 2.24) is 0 Å². The maximum absolute atomic E-state index is 10.9. The molecule has 1 saturated carbocycles. The summed E-state index contributed by atoms with van der Waals surface area (Å²) in [6.07, 6.45) is 2.42. The molecule has 1 aliphatic carbocycles. The van der Waals surface area contributed by atoms with Gasteiger partial charge in [-0.1, -0.05) is 35.9 Å². The highest BCUT2D eigenvalue weighted by molar-refractivity contribution is 5.52. The quantitative estimate of drug-likeness (QED) is 0.650. The molecule has 0 aliphatic heterocycles. The lowest BCUT2D eigenvalue weighted by Crippen LogP contribution is -2.13. The molecule has 0 bridgehead atoms. The molecule has 0 radical (unpaired) electrons.